The number of hydrogen-bond donors (Lipinski definition) is 0. The lowest BCUT2D eigenvalue weighted by Crippen LogP contribution is -2.70. The van der Waals surface area contributed by atoms with E-state index in [-0.39, 0.29) is 0 Å². The largest absolute Gasteiger partial charge is 0.330 e. The zero-order valence-electron chi connectivity index (χ0n) is 20.6. The number of hydrogen-bond acceptors (Lipinski definition) is 6. The van der Waals surface area contributed by atoms with E-state index in [1.807, 2.05) is 36.9 Å². The van der Waals surface area contributed by atoms with Crippen LogP contribution in [0.5, 0.6) is 0 Å². The Bertz CT molecular complexity index is 991. The van der Waals surface area contributed by atoms with Gasteiger partial charge >= 0.3 is 0 Å². The number of nitrogens with zero attached hydrogens (tertiary/aromatic N) is 8. The number of aryl methyl sites for hydroxylation is 1. The summed E-state index contributed by atoms with van der Waals surface area (Å²) in [5, 5.41) is 0. The van der Waals surface area contributed by atoms with Crippen molar-refractivity contribution in [3.05, 3.63) is 72.3 Å². The molecule has 0 saturated carbocycles. The molecule has 0 atom stereocenters. The molecule has 0 bridgehead atoms. The summed E-state index contributed by atoms with van der Waals surface area (Å²) in [5.74, 6) is 1.69. The van der Waals surface area contributed by atoms with Crippen molar-refractivity contribution in [1.29, 1.82) is 0 Å². The highest BCUT2D eigenvalue weighted by atomic mass is 15.6. The van der Waals surface area contributed by atoms with Gasteiger partial charge in [-0.1, -0.05) is 17.7 Å². The summed E-state index contributed by atoms with van der Waals surface area (Å²) >= 11 is 0. The van der Waals surface area contributed by atoms with Gasteiger partial charge in [0.25, 0.3) is 0 Å². The zero-order valence-corrected chi connectivity index (χ0v) is 20.6. The van der Waals surface area contributed by atoms with Crippen LogP contribution in [-0.2, 0) is 0 Å². The number of aromatic nitrogens is 4. The number of anilines is 2. The molecule has 2 aromatic heterocycles. The third-order valence-electron chi connectivity index (χ3n) is 7.75. The van der Waals surface area contributed by atoms with Crippen LogP contribution < -0.4 is 9.80 Å². The Morgan fingerprint density at radius 2 is 1.03 bits per heavy atom. The van der Waals surface area contributed by atoms with Crippen LogP contribution in [0.3, 0.4) is 0 Å². The van der Waals surface area contributed by atoms with Crippen molar-refractivity contribution < 1.29 is 8.97 Å². The van der Waals surface area contributed by atoms with Gasteiger partial charge in [-0.3, -0.25) is 8.97 Å². The fraction of sp³-hybridized carbons (Fsp3) is 0.462. The van der Waals surface area contributed by atoms with E-state index in [1.165, 1.54) is 11.1 Å². The first-order chi connectivity index (χ1) is 16.5. The standard InChI is InChI=1S/C26H36N8/c1-22-6-8-23(9-7-22)24(33(2)18-14-31(15-19-33)25-27-10-4-11-28-25)34(3)20-16-32(17-21-34)26-29-12-5-13-30-26/h4-13,24H,14-21H2,1-3H3/q+2. The minimum Gasteiger partial charge on any atom is -0.330 e. The lowest BCUT2D eigenvalue weighted by molar-refractivity contribution is -1.13. The quantitative estimate of drug-likeness (QED) is 0.546. The Hall–Kier alpha value is -3.10. The Morgan fingerprint density at radius 3 is 1.41 bits per heavy atom. The predicted molar refractivity (Wildman–Crippen MR) is 134 cm³/mol. The number of quaternary nitrogens is 2. The van der Waals surface area contributed by atoms with Crippen molar-refractivity contribution in [3.63, 3.8) is 0 Å². The minimum atomic E-state index is 0.373. The third-order valence-corrected chi connectivity index (χ3v) is 7.75. The van der Waals surface area contributed by atoms with Crippen molar-refractivity contribution in [3.8, 4) is 0 Å². The maximum absolute atomic E-state index is 4.49. The van der Waals surface area contributed by atoms with Gasteiger partial charge in [0.05, 0.1) is 45.8 Å². The van der Waals surface area contributed by atoms with Crippen molar-refractivity contribution in [1.82, 2.24) is 19.9 Å². The van der Waals surface area contributed by atoms with E-state index in [1.54, 1.807) is 0 Å². The summed E-state index contributed by atoms with van der Waals surface area (Å²) in [4.78, 5) is 22.6. The predicted octanol–water partition coefficient (Wildman–Crippen LogP) is 2.51. The summed E-state index contributed by atoms with van der Waals surface area (Å²) in [5.41, 5.74) is 2.74. The summed E-state index contributed by atoms with van der Waals surface area (Å²) in [7, 11) is 4.90. The van der Waals surface area contributed by atoms with Crippen molar-refractivity contribution in [2.24, 2.45) is 0 Å². The van der Waals surface area contributed by atoms with Crippen LogP contribution in [0.4, 0.5) is 11.9 Å². The van der Waals surface area contributed by atoms with Crippen LogP contribution in [0.15, 0.2) is 61.2 Å². The molecule has 34 heavy (non-hydrogen) atoms. The molecule has 2 fully saturated rings. The molecule has 8 nitrogen and oxygen atoms in total. The number of benzene rings is 1. The van der Waals surface area contributed by atoms with Crippen LogP contribution in [-0.4, -0.2) is 95.4 Å². The van der Waals surface area contributed by atoms with Crippen molar-refractivity contribution in [2.45, 2.75) is 13.1 Å². The molecule has 8 heteroatoms. The third kappa shape index (κ3) is 4.48. The Morgan fingerprint density at radius 1 is 0.647 bits per heavy atom. The van der Waals surface area contributed by atoms with E-state index in [2.05, 4.69) is 75.0 Å². The molecule has 2 aliphatic rings. The molecule has 2 aliphatic heterocycles. The van der Waals surface area contributed by atoms with E-state index in [0.717, 1.165) is 73.2 Å². The molecule has 0 radical (unpaired) electrons. The van der Waals surface area contributed by atoms with Crippen LogP contribution in [0, 0.1) is 6.92 Å². The first kappa shape index (κ1) is 22.7. The molecule has 0 N–H and O–H groups in total. The highest BCUT2D eigenvalue weighted by Crippen LogP contribution is 2.38. The number of piperazine rings is 2. The molecule has 4 heterocycles. The van der Waals surface area contributed by atoms with Gasteiger partial charge in [-0.15, -0.1) is 0 Å². The maximum Gasteiger partial charge on any atom is 0.243 e. The first-order valence-corrected chi connectivity index (χ1v) is 12.3. The van der Waals surface area contributed by atoms with Crippen LogP contribution in [0.2, 0.25) is 0 Å². The molecule has 3 aromatic rings. The van der Waals surface area contributed by atoms with E-state index >= 15 is 0 Å². The van der Waals surface area contributed by atoms with Gasteiger partial charge in [0.15, 0.2) is 0 Å². The second kappa shape index (κ2) is 9.27. The maximum atomic E-state index is 4.49. The molecule has 0 spiro atoms. The fourth-order valence-corrected chi connectivity index (χ4v) is 5.77. The van der Waals surface area contributed by atoms with E-state index < -0.39 is 0 Å². The molecule has 0 unspecified atom stereocenters. The van der Waals surface area contributed by atoms with Crippen LogP contribution in [0.25, 0.3) is 0 Å². The fourth-order valence-electron chi connectivity index (χ4n) is 5.77. The Kier molecular flexibility index (Phi) is 6.18. The van der Waals surface area contributed by atoms with Gasteiger partial charge in [0, 0.05) is 24.8 Å². The van der Waals surface area contributed by atoms with Crippen molar-refractivity contribution >= 4 is 11.9 Å². The Balaban J connectivity index is 1.39. The lowest BCUT2D eigenvalue weighted by atomic mass is 10.0. The van der Waals surface area contributed by atoms with Crippen LogP contribution >= 0.6 is 0 Å². The second-order valence-corrected chi connectivity index (χ2v) is 10.2. The topological polar surface area (TPSA) is 58.0 Å². The van der Waals surface area contributed by atoms with Gasteiger partial charge < -0.3 is 9.80 Å². The first-order valence-electron chi connectivity index (χ1n) is 12.3. The highest BCUT2D eigenvalue weighted by Gasteiger charge is 2.50. The molecule has 2 saturated heterocycles. The number of likely N-dealkylation sites (N-methyl/N-ethyl adjacent to an activating group) is 2. The molecule has 178 valence electrons. The van der Waals surface area contributed by atoms with E-state index in [9.17, 15) is 0 Å². The monoisotopic (exact) mass is 460 g/mol. The molecular formula is C26H36N8+2. The van der Waals surface area contributed by atoms with Gasteiger partial charge in [0.1, 0.15) is 26.2 Å². The molecule has 5 rings (SSSR count). The average Bonchev–Trinajstić information content (AvgIpc) is 2.87. The minimum absolute atomic E-state index is 0.373. The zero-order chi connectivity index (χ0) is 23.6. The normalized spacial score (nSPS) is 19.9. The molecule has 0 amide bonds. The summed E-state index contributed by atoms with van der Waals surface area (Å²) in [6.07, 6.45) is 7.72. The SMILES string of the molecule is Cc1ccc(C([N+]2(C)CCN(c3ncccn3)CC2)[N+]2(C)CCN(c3ncccn3)CC2)cc1. The smallest absolute Gasteiger partial charge is 0.243 e. The summed E-state index contributed by atoms with van der Waals surface area (Å²) < 4.78 is 2.04. The highest BCUT2D eigenvalue weighted by molar-refractivity contribution is 5.30. The number of rotatable bonds is 5. The van der Waals surface area contributed by atoms with Gasteiger partial charge in [-0.2, -0.15) is 0 Å². The molecule has 1 aromatic carbocycles. The molecule has 0 aliphatic carbocycles. The summed E-state index contributed by atoms with van der Waals surface area (Å²) in [6.45, 7) is 10.3. The van der Waals surface area contributed by atoms with Gasteiger partial charge in [-0.05, 0) is 31.2 Å². The van der Waals surface area contributed by atoms with Crippen molar-refractivity contribution in [2.75, 3.05) is 76.3 Å². The Labute approximate surface area is 202 Å². The van der Waals surface area contributed by atoms with E-state index in [4.69, 9.17) is 0 Å². The van der Waals surface area contributed by atoms with E-state index in [0.29, 0.717) is 6.17 Å². The average molecular weight is 461 g/mol. The summed E-state index contributed by atoms with van der Waals surface area (Å²) in [6, 6.07) is 13.0. The van der Waals surface area contributed by atoms with Crippen LogP contribution in [0.1, 0.15) is 17.3 Å². The van der Waals surface area contributed by atoms with Gasteiger partial charge in [0.2, 0.25) is 18.1 Å². The second-order valence-electron chi connectivity index (χ2n) is 10.2. The lowest BCUT2D eigenvalue weighted by Gasteiger charge is -2.54. The molecular weight excluding hydrogens is 424 g/mol. The van der Waals surface area contributed by atoms with Gasteiger partial charge in [-0.25, -0.2) is 19.9 Å².